The summed E-state index contributed by atoms with van der Waals surface area (Å²) in [5.74, 6) is 0.174. The Hall–Kier alpha value is -2.40. The van der Waals surface area contributed by atoms with Gasteiger partial charge in [0.1, 0.15) is 11.6 Å². The Morgan fingerprint density at radius 2 is 2.00 bits per heavy atom. The molecular weight excluding hydrogens is 307 g/mol. The van der Waals surface area contributed by atoms with E-state index in [1.807, 2.05) is 25.1 Å². The third-order valence-corrected chi connectivity index (χ3v) is 4.03. The maximum atomic E-state index is 13.8. The Balaban J connectivity index is 2.06. The lowest BCUT2D eigenvalue weighted by molar-refractivity contribution is -0.120. The Bertz CT molecular complexity index is 718. The van der Waals surface area contributed by atoms with Gasteiger partial charge < -0.3 is 10.1 Å². The van der Waals surface area contributed by atoms with Gasteiger partial charge in [0.2, 0.25) is 5.91 Å². The fraction of sp³-hybridized carbons (Fsp3) is 0.316. The van der Waals surface area contributed by atoms with E-state index < -0.39 is 6.04 Å². The predicted molar refractivity (Wildman–Crippen MR) is 93.7 cm³/mol. The van der Waals surface area contributed by atoms with E-state index in [0.717, 1.165) is 5.56 Å². The third-order valence-electron chi connectivity index (χ3n) is 4.03. The molecule has 0 fully saturated rings. The molecule has 128 valence electrons. The molecule has 5 heteroatoms. The normalized spacial score (nSPS) is 12.1. The van der Waals surface area contributed by atoms with Crippen LogP contribution in [0.4, 0.5) is 10.1 Å². The molecule has 0 bridgehead atoms. The molecule has 0 aromatic heterocycles. The van der Waals surface area contributed by atoms with Gasteiger partial charge in [-0.15, -0.1) is 0 Å². The van der Waals surface area contributed by atoms with Gasteiger partial charge in [0.15, 0.2) is 0 Å². The predicted octanol–water partition coefficient (Wildman–Crippen LogP) is 3.60. The largest absolute Gasteiger partial charge is 0.495 e. The third kappa shape index (κ3) is 4.32. The monoisotopic (exact) mass is 330 g/mol. The number of amides is 1. The second kappa shape index (κ2) is 7.93. The Morgan fingerprint density at radius 3 is 2.67 bits per heavy atom. The highest BCUT2D eigenvalue weighted by Gasteiger charge is 2.20. The SMILES string of the molecule is COc1ccc(C)cc1NC(=O)[C@H](C)N(C)Cc1ccccc1F. The molecule has 1 atom stereocenters. The lowest BCUT2D eigenvalue weighted by atomic mass is 10.1. The van der Waals surface area contributed by atoms with E-state index in [2.05, 4.69) is 5.32 Å². The second-order valence-corrected chi connectivity index (χ2v) is 5.88. The summed E-state index contributed by atoms with van der Waals surface area (Å²) in [7, 11) is 3.36. The van der Waals surface area contributed by atoms with Crippen LogP contribution in [0.2, 0.25) is 0 Å². The molecule has 0 spiro atoms. The van der Waals surface area contributed by atoms with Crippen LogP contribution in [0.3, 0.4) is 0 Å². The number of anilines is 1. The Morgan fingerprint density at radius 1 is 1.29 bits per heavy atom. The van der Waals surface area contributed by atoms with Crippen molar-refractivity contribution in [3.05, 3.63) is 59.4 Å². The summed E-state index contributed by atoms with van der Waals surface area (Å²) in [4.78, 5) is 14.3. The van der Waals surface area contributed by atoms with Crippen molar-refractivity contribution in [2.75, 3.05) is 19.5 Å². The number of methoxy groups -OCH3 is 1. The van der Waals surface area contributed by atoms with Crippen LogP contribution in [0, 0.1) is 12.7 Å². The van der Waals surface area contributed by atoms with Crippen molar-refractivity contribution in [3.8, 4) is 5.75 Å². The average Bonchev–Trinajstić information content (AvgIpc) is 2.56. The fourth-order valence-corrected chi connectivity index (χ4v) is 2.39. The van der Waals surface area contributed by atoms with Gasteiger partial charge in [-0.25, -0.2) is 4.39 Å². The highest BCUT2D eigenvalue weighted by molar-refractivity contribution is 5.95. The zero-order valence-corrected chi connectivity index (χ0v) is 14.5. The number of hydrogen-bond acceptors (Lipinski definition) is 3. The van der Waals surface area contributed by atoms with Crippen molar-refractivity contribution < 1.29 is 13.9 Å². The number of halogens is 1. The number of ether oxygens (including phenoxy) is 1. The number of nitrogens with zero attached hydrogens (tertiary/aromatic N) is 1. The van der Waals surface area contributed by atoms with Crippen LogP contribution in [0.25, 0.3) is 0 Å². The van der Waals surface area contributed by atoms with Crippen LogP contribution >= 0.6 is 0 Å². The average molecular weight is 330 g/mol. The summed E-state index contributed by atoms with van der Waals surface area (Å²) in [6.45, 7) is 4.09. The molecule has 0 unspecified atom stereocenters. The van der Waals surface area contributed by atoms with E-state index in [4.69, 9.17) is 4.74 Å². The molecular formula is C19H23FN2O2. The van der Waals surface area contributed by atoms with Crippen LogP contribution in [0.5, 0.6) is 5.75 Å². The molecule has 0 saturated heterocycles. The van der Waals surface area contributed by atoms with Gasteiger partial charge in [-0.1, -0.05) is 24.3 Å². The van der Waals surface area contributed by atoms with Gasteiger partial charge in [-0.2, -0.15) is 0 Å². The van der Waals surface area contributed by atoms with E-state index >= 15 is 0 Å². The van der Waals surface area contributed by atoms with E-state index in [1.165, 1.54) is 6.07 Å². The van der Waals surface area contributed by atoms with Gasteiger partial charge in [0.05, 0.1) is 18.8 Å². The molecule has 4 nitrogen and oxygen atoms in total. The maximum absolute atomic E-state index is 13.8. The van der Waals surface area contributed by atoms with Gasteiger partial charge in [-0.05, 0) is 44.7 Å². The second-order valence-electron chi connectivity index (χ2n) is 5.88. The van der Waals surface area contributed by atoms with Crippen LogP contribution in [-0.2, 0) is 11.3 Å². The maximum Gasteiger partial charge on any atom is 0.241 e. The first-order chi connectivity index (χ1) is 11.4. The number of benzene rings is 2. The Kier molecular flexibility index (Phi) is 5.93. The van der Waals surface area contributed by atoms with Crippen molar-refractivity contribution in [2.24, 2.45) is 0 Å². The van der Waals surface area contributed by atoms with Crippen molar-refractivity contribution in [3.63, 3.8) is 0 Å². The highest BCUT2D eigenvalue weighted by Crippen LogP contribution is 2.25. The first-order valence-corrected chi connectivity index (χ1v) is 7.81. The lowest BCUT2D eigenvalue weighted by Crippen LogP contribution is -2.39. The number of rotatable bonds is 6. The first-order valence-electron chi connectivity index (χ1n) is 7.81. The van der Waals surface area contributed by atoms with Gasteiger partial charge in [-0.3, -0.25) is 9.69 Å². The van der Waals surface area contributed by atoms with Crippen LogP contribution in [-0.4, -0.2) is 31.0 Å². The molecule has 0 aliphatic carbocycles. The standard InChI is InChI=1S/C19H23FN2O2/c1-13-9-10-18(24-4)17(11-13)21-19(23)14(2)22(3)12-15-7-5-6-8-16(15)20/h5-11,14H,12H2,1-4H3,(H,21,23)/t14-/m0/s1. The summed E-state index contributed by atoms with van der Waals surface area (Å²) in [5.41, 5.74) is 2.22. The fourth-order valence-electron chi connectivity index (χ4n) is 2.39. The molecule has 1 amide bonds. The number of nitrogens with one attached hydrogen (secondary N) is 1. The minimum Gasteiger partial charge on any atom is -0.495 e. The number of carbonyl (C=O) groups excluding carboxylic acids is 1. The number of likely N-dealkylation sites (N-methyl/N-ethyl adjacent to an activating group) is 1. The minimum absolute atomic E-state index is 0.169. The molecule has 0 heterocycles. The first kappa shape index (κ1) is 17.9. The van der Waals surface area contributed by atoms with Crippen molar-refractivity contribution in [1.82, 2.24) is 4.90 Å². The topological polar surface area (TPSA) is 41.6 Å². The summed E-state index contributed by atoms with van der Waals surface area (Å²) < 4.78 is 19.0. The van der Waals surface area contributed by atoms with E-state index in [9.17, 15) is 9.18 Å². The molecule has 2 aromatic carbocycles. The van der Waals surface area contributed by atoms with E-state index in [1.54, 1.807) is 44.2 Å². The van der Waals surface area contributed by atoms with E-state index in [0.29, 0.717) is 23.5 Å². The van der Waals surface area contributed by atoms with Crippen LogP contribution in [0.1, 0.15) is 18.1 Å². The summed E-state index contributed by atoms with van der Waals surface area (Å²) >= 11 is 0. The van der Waals surface area contributed by atoms with Gasteiger partial charge >= 0.3 is 0 Å². The Labute approximate surface area is 142 Å². The van der Waals surface area contributed by atoms with Crippen molar-refractivity contribution in [1.29, 1.82) is 0 Å². The zero-order valence-electron chi connectivity index (χ0n) is 14.5. The number of carbonyl (C=O) groups is 1. The molecule has 24 heavy (non-hydrogen) atoms. The summed E-state index contributed by atoms with van der Waals surface area (Å²) in [6, 6.07) is 11.8. The van der Waals surface area contributed by atoms with Gasteiger partial charge in [0.25, 0.3) is 0 Å². The molecule has 0 radical (unpaired) electrons. The quantitative estimate of drug-likeness (QED) is 0.880. The molecule has 0 aliphatic heterocycles. The molecule has 0 saturated carbocycles. The molecule has 2 rings (SSSR count). The lowest BCUT2D eigenvalue weighted by Gasteiger charge is -2.24. The number of aryl methyl sites for hydroxylation is 1. The molecule has 2 aromatic rings. The summed E-state index contributed by atoms with van der Waals surface area (Å²) in [6.07, 6.45) is 0. The van der Waals surface area contributed by atoms with Crippen molar-refractivity contribution >= 4 is 11.6 Å². The van der Waals surface area contributed by atoms with Gasteiger partial charge in [0, 0.05) is 12.1 Å². The molecule has 1 N–H and O–H groups in total. The smallest absolute Gasteiger partial charge is 0.241 e. The van der Waals surface area contributed by atoms with E-state index in [-0.39, 0.29) is 11.7 Å². The van der Waals surface area contributed by atoms with Crippen LogP contribution in [0.15, 0.2) is 42.5 Å². The van der Waals surface area contributed by atoms with Crippen LogP contribution < -0.4 is 10.1 Å². The highest BCUT2D eigenvalue weighted by atomic mass is 19.1. The minimum atomic E-state index is -0.421. The number of hydrogen-bond donors (Lipinski definition) is 1. The zero-order chi connectivity index (χ0) is 17.7. The van der Waals surface area contributed by atoms with Crippen molar-refractivity contribution in [2.45, 2.75) is 26.4 Å². The summed E-state index contributed by atoms with van der Waals surface area (Å²) in [5, 5.41) is 2.88. The molecule has 0 aliphatic rings.